The second-order valence-electron chi connectivity index (χ2n) is 3.81. The lowest BCUT2D eigenvalue weighted by atomic mass is 9.98. The van der Waals surface area contributed by atoms with Crippen molar-refractivity contribution in [3.8, 4) is 0 Å². The van der Waals surface area contributed by atoms with Crippen LogP contribution in [0.2, 0.25) is 0 Å². The van der Waals surface area contributed by atoms with Crippen LogP contribution in [0.15, 0.2) is 0 Å². The zero-order valence-electron chi connectivity index (χ0n) is 8.25. The van der Waals surface area contributed by atoms with Crippen molar-refractivity contribution in [2.24, 2.45) is 11.7 Å². The molecule has 1 saturated heterocycles. The van der Waals surface area contributed by atoms with Crippen molar-refractivity contribution in [2.75, 3.05) is 13.1 Å². The molecule has 14 heavy (non-hydrogen) atoms. The van der Waals surface area contributed by atoms with Crippen LogP contribution in [0, 0.1) is 5.92 Å². The molecule has 0 saturated carbocycles. The van der Waals surface area contributed by atoms with Gasteiger partial charge < -0.3 is 10.6 Å². The minimum Gasteiger partial charge on any atom is -0.341 e. The van der Waals surface area contributed by atoms with E-state index < -0.39 is 18.4 Å². The molecule has 0 spiro atoms. The van der Waals surface area contributed by atoms with Gasteiger partial charge in [-0.2, -0.15) is 0 Å². The van der Waals surface area contributed by atoms with E-state index in [4.69, 9.17) is 5.73 Å². The normalized spacial score (nSPS) is 25.2. The highest BCUT2D eigenvalue weighted by atomic mass is 19.3. The summed E-state index contributed by atoms with van der Waals surface area (Å²) >= 11 is 0. The lowest BCUT2D eigenvalue weighted by molar-refractivity contribution is -0.135. The Bertz CT molecular complexity index is 209. The van der Waals surface area contributed by atoms with Crippen LogP contribution in [0.1, 0.15) is 19.8 Å². The quantitative estimate of drug-likeness (QED) is 0.727. The second kappa shape index (κ2) is 4.68. The Kier molecular flexibility index (Phi) is 3.80. The highest BCUT2D eigenvalue weighted by Gasteiger charge is 2.30. The molecule has 0 unspecified atom stereocenters. The highest BCUT2D eigenvalue weighted by molar-refractivity contribution is 5.81. The van der Waals surface area contributed by atoms with E-state index in [-0.39, 0.29) is 12.5 Å². The molecule has 0 aromatic heterocycles. The number of nitrogens with two attached hydrogens (primary N) is 1. The van der Waals surface area contributed by atoms with Gasteiger partial charge in [-0.15, -0.1) is 0 Å². The van der Waals surface area contributed by atoms with Crippen LogP contribution in [-0.4, -0.2) is 36.4 Å². The number of amides is 1. The number of carbonyl (C=O) groups is 1. The van der Waals surface area contributed by atoms with Gasteiger partial charge in [-0.3, -0.25) is 4.79 Å². The predicted molar refractivity (Wildman–Crippen MR) is 49.0 cm³/mol. The van der Waals surface area contributed by atoms with Crippen molar-refractivity contribution in [3.05, 3.63) is 0 Å². The van der Waals surface area contributed by atoms with Crippen molar-refractivity contribution in [1.29, 1.82) is 0 Å². The first kappa shape index (κ1) is 11.4. The maximum absolute atomic E-state index is 12.4. The standard InChI is InChI=1S/C9H16F2N2O/c1-6(12)9(14)13-4-2-3-7(5-13)8(10)11/h6-8H,2-5,12H2,1H3/t6-,7+/m0/s1. The predicted octanol–water partition coefficient (Wildman–Crippen LogP) is 0.837. The van der Waals surface area contributed by atoms with Gasteiger partial charge in [0, 0.05) is 19.0 Å². The molecule has 0 radical (unpaired) electrons. The Hall–Kier alpha value is -0.710. The topological polar surface area (TPSA) is 46.3 Å². The molecule has 0 aliphatic carbocycles. The van der Waals surface area contributed by atoms with Gasteiger partial charge in [0.15, 0.2) is 0 Å². The molecule has 1 amide bonds. The van der Waals surface area contributed by atoms with Crippen molar-refractivity contribution in [3.63, 3.8) is 0 Å². The lowest BCUT2D eigenvalue weighted by Crippen LogP contribution is -2.48. The molecule has 0 aromatic carbocycles. The van der Waals surface area contributed by atoms with Gasteiger partial charge >= 0.3 is 0 Å². The summed E-state index contributed by atoms with van der Waals surface area (Å²) in [5, 5.41) is 0. The summed E-state index contributed by atoms with van der Waals surface area (Å²) in [4.78, 5) is 12.9. The van der Waals surface area contributed by atoms with E-state index in [1.54, 1.807) is 6.92 Å². The third-order valence-electron chi connectivity index (χ3n) is 2.52. The SMILES string of the molecule is C[C@H](N)C(=O)N1CCC[C@@H](C(F)F)C1. The number of piperidine rings is 1. The highest BCUT2D eigenvalue weighted by Crippen LogP contribution is 2.22. The maximum Gasteiger partial charge on any atom is 0.243 e. The number of nitrogens with zero attached hydrogens (tertiary/aromatic N) is 1. The van der Waals surface area contributed by atoms with Crippen LogP contribution >= 0.6 is 0 Å². The molecule has 82 valence electrons. The van der Waals surface area contributed by atoms with E-state index in [9.17, 15) is 13.6 Å². The minimum atomic E-state index is -2.33. The van der Waals surface area contributed by atoms with Gasteiger partial charge in [-0.25, -0.2) is 8.78 Å². The fourth-order valence-corrected chi connectivity index (χ4v) is 1.70. The molecular weight excluding hydrogens is 190 g/mol. The third kappa shape index (κ3) is 2.64. The molecule has 2 atom stereocenters. The van der Waals surface area contributed by atoms with E-state index in [1.807, 2.05) is 0 Å². The largest absolute Gasteiger partial charge is 0.341 e. The van der Waals surface area contributed by atoms with E-state index >= 15 is 0 Å². The van der Waals surface area contributed by atoms with E-state index in [0.29, 0.717) is 19.4 Å². The van der Waals surface area contributed by atoms with Crippen LogP contribution < -0.4 is 5.73 Å². The van der Waals surface area contributed by atoms with Gasteiger partial charge in [-0.05, 0) is 19.8 Å². The van der Waals surface area contributed by atoms with Crippen LogP contribution in [0.5, 0.6) is 0 Å². The molecule has 2 N–H and O–H groups in total. The van der Waals surface area contributed by atoms with Crippen LogP contribution in [-0.2, 0) is 4.79 Å². The molecular formula is C9H16F2N2O. The van der Waals surface area contributed by atoms with Gasteiger partial charge in [0.1, 0.15) is 0 Å². The van der Waals surface area contributed by atoms with Gasteiger partial charge in [0.05, 0.1) is 6.04 Å². The number of rotatable bonds is 2. The van der Waals surface area contributed by atoms with Crippen LogP contribution in [0.4, 0.5) is 8.78 Å². The second-order valence-corrected chi connectivity index (χ2v) is 3.81. The number of hydrogen-bond donors (Lipinski definition) is 1. The summed E-state index contributed by atoms with van der Waals surface area (Å²) in [5.41, 5.74) is 5.41. The first-order chi connectivity index (χ1) is 6.52. The van der Waals surface area contributed by atoms with Crippen molar-refractivity contribution < 1.29 is 13.6 Å². The fourth-order valence-electron chi connectivity index (χ4n) is 1.70. The number of hydrogen-bond acceptors (Lipinski definition) is 2. The molecule has 0 aromatic rings. The Labute approximate surface area is 82.2 Å². The lowest BCUT2D eigenvalue weighted by Gasteiger charge is -2.33. The molecule has 1 fully saturated rings. The van der Waals surface area contributed by atoms with E-state index in [0.717, 1.165) is 0 Å². The summed E-state index contributed by atoms with van der Waals surface area (Å²) in [5.74, 6) is -0.901. The third-order valence-corrected chi connectivity index (χ3v) is 2.52. The summed E-state index contributed by atoms with van der Waals surface area (Å²) in [7, 11) is 0. The van der Waals surface area contributed by atoms with Crippen LogP contribution in [0.25, 0.3) is 0 Å². The van der Waals surface area contributed by atoms with Crippen LogP contribution in [0.3, 0.4) is 0 Å². The zero-order chi connectivity index (χ0) is 10.7. The van der Waals surface area contributed by atoms with Gasteiger partial charge in [0.2, 0.25) is 12.3 Å². The number of alkyl halides is 2. The molecule has 5 heteroatoms. The number of likely N-dealkylation sites (tertiary alicyclic amines) is 1. The van der Waals surface area contributed by atoms with Crippen molar-refractivity contribution in [1.82, 2.24) is 4.90 Å². The smallest absolute Gasteiger partial charge is 0.243 e. The number of halogens is 2. The minimum absolute atomic E-state index is 0.151. The Balaban J connectivity index is 2.51. The first-order valence-electron chi connectivity index (χ1n) is 4.85. The van der Waals surface area contributed by atoms with Crippen molar-refractivity contribution >= 4 is 5.91 Å². The monoisotopic (exact) mass is 206 g/mol. The van der Waals surface area contributed by atoms with Crippen molar-refractivity contribution in [2.45, 2.75) is 32.2 Å². The summed E-state index contributed by atoms with van der Waals surface area (Å²) in [6.07, 6.45) is -1.19. The fraction of sp³-hybridized carbons (Fsp3) is 0.889. The summed E-state index contributed by atoms with van der Waals surface area (Å²) in [6.45, 7) is 2.29. The van der Waals surface area contributed by atoms with Gasteiger partial charge in [0.25, 0.3) is 0 Å². The number of carbonyl (C=O) groups excluding carboxylic acids is 1. The Morgan fingerprint density at radius 3 is 2.71 bits per heavy atom. The van der Waals surface area contributed by atoms with E-state index in [1.165, 1.54) is 4.90 Å². The summed E-state index contributed by atoms with van der Waals surface area (Å²) in [6, 6.07) is -0.591. The average molecular weight is 206 g/mol. The maximum atomic E-state index is 12.4. The molecule has 1 aliphatic rings. The van der Waals surface area contributed by atoms with E-state index in [2.05, 4.69) is 0 Å². The summed E-state index contributed by atoms with van der Waals surface area (Å²) < 4.78 is 24.8. The zero-order valence-corrected chi connectivity index (χ0v) is 8.25. The average Bonchev–Trinajstić information content (AvgIpc) is 2.16. The Morgan fingerprint density at radius 2 is 2.21 bits per heavy atom. The van der Waals surface area contributed by atoms with Gasteiger partial charge in [-0.1, -0.05) is 0 Å². The molecule has 3 nitrogen and oxygen atoms in total. The molecule has 1 rings (SSSR count). The molecule has 1 aliphatic heterocycles. The molecule has 1 heterocycles. The first-order valence-corrected chi connectivity index (χ1v) is 4.85. The molecule has 0 bridgehead atoms. The Morgan fingerprint density at radius 1 is 1.57 bits per heavy atom.